The first kappa shape index (κ1) is 11.7. The Morgan fingerprint density at radius 1 is 1.33 bits per heavy atom. The number of nitrogens with one attached hydrogen (secondary N) is 1. The van der Waals surface area contributed by atoms with Crippen LogP contribution in [0.5, 0.6) is 0 Å². The van der Waals surface area contributed by atoms with E-state index in [1.54, 1.807) is 6.20 Å². The smallest absolute Gasteiger partial charge is 0.0630 e. The molecular weight excluding hydrogens is 242 g/mol. The summed E-state index contributed by atoms with van der Waals surface area (Å²) in [5, 5.41) is 5.75. The number of anilines is 2. The Morgan fingerprint density at radius 3 is 3.11 bits per heavy atom. The van der Waals surface area contributed by atoms with E-state index in [1.165, 1.54) is 24.3 Å². The van der Waals surface area contributed by atoms with Crippen LogP contribution in [0.4, 0.5) is 11.4 Å². The van der Waals surface area contributed by atoms with Crippen LogP contribution in [0.2, 0.25) is 0 Å². The zero-order chi connectivity index (χ0) is 12.4. The molecule has 1 aromatic heterocycles. The summed E-state index contributed by atoms with van der Waals surface area (Å²) in [7, 11) is 0. The van der Waals surface area contributed by atoms with Crippen LogP contribution in [0.25, 0.3) is 10.8 Å². The molecule has 0 radical (unpaired) electrons. The van der Waals surface area contributed by atoms with Crippen molar-refractivity contribution in [2.75, 3.05) is 22.6 Å². The Hall–Kier alpha value is -1.42. The van der Waals surface area contributed by atoms with Crippen LogP contribution in [0.15, 0.2) is 30.6 Å². The first-order valence-electron chi connectivity index (χ1n) is 6.31. The van der Waals surface area contributed by atoms with Crippen LogP contribution >= 0.6 is 11.8 Å². The van der Waals surface area contributed by atoms with Gasteiger partial charge in [-0.05, 0) is 30.7 Å². The van der Waals surface area contributed by atoms with Gasteiger partial charge in [-0.25, -0.2) is 0 Å². The Labute approximate surface area is 111 Å². The van der Waals surface area contributed by atoms with Crippen LogP contribution in [0.1, 0.15) is 12.8 Å². The highest BCUT2D eigenvalue weighted by molar-refractivity contribution is 7.99. The lowest BCUT2D eigenvalue weighted by molar-refractivity contribution is 0.685. The number of aromatic nitrogens is 1. The monoisotopic (exact) mass is 259 g/mol. The van der Waals surface area contributed by atoms with E-state index < -0.39 is 0 Å². The van der Waals surface area contributed by atoms with E-state index in [0.717, 1.165) is 22.1 Å². The third-order valence-corrected chi connectivity index (χ3v) is 4.60. The predicted molar refractivity (Wildman–Crippen MR) is 80.1 cm³/mol. The average Bonchev–Trinajstić information content (AvgIpc) is 2.43. The molecule has 1 saturated heterocycles. The summed E-state index contributed by atoms with van der Waals surface area (Å²) in [6.45, 7) is 0. The molecule has 1 aliphatic rings. The largest absolute Gasteiger partial charge is 0.397 e. The second-order valence-corrected chi connectivity index (χ2v) is 5.83. The highest BCUT2D eigenvalue weighted by atomic mass is 32.2. The molecule has 1 fully saturated rings. The minimum Gasteiger partial charge on any atom is -0.397 e. The molecule has 0 saturated carbocycles. The summed E-state index contributed by atoms with van der Waals surface area (Å²) in [5.41, 5.74) is 8.13. The molecule has 4 heteroatoms. The second kappa shape index (κ2) is 5.06. The molecule has 3 rings (SSSR count). The quantitative estimate of drug-likeness (QED) is 0.814. The number of benzene rings is 1. The van der Waals surface area contributed by atoms with Gasteiger partial charge in [0.05, 0.1) is 11.4 Å². The number of fused-ring (bicyclic) bond motifs is 1. The maximum atomic E-state index is 6.24. The molecule has 0 amide bonds. The highest BCUT2D eigenvalue weighted by Crippen LogP contribution is 2.30. The van der Waals surface area contributed by atoms with Gasteiger partial charge in [0.15, 0.2) is 0 Å². The zero-order valence-corrected chi connectivity index (χ0v) is 11.0. The summed E-state index contributed by atoms with van der Waals surface area (Å²) < 4.78 is 0. The van der Waals surface area contributed by atoms with Gasteiger partial charge in [-0.15, -0.1) is 0 Å². The van der Waals surface area contributed by atoms with Crippen LogP contribution in [-0.4, -0.2) is 22.5 Å². The molecule has 1 aliphatic heterocycles. The van der Waals surface area contributed by atoms with E-state index in [0.29, 0.717) is 6.04 Å². The molecule has 1 atom stereocenters. The summed E-state index contributed by atoms with van der Waals surface area (Å²) in [5.74, 6) is 2.46. The summed E-state index contributed by atoms with van der Waals surface area (Å²) in [6, 6.07) is 6.67. The molecule has 2 heterocycles. The van der Waals surface area contributed by atoms with Crippen molar-refractivity contribution in [1.82, 2.24) is 4.98 Å². The lowest BCUT2D eigenvalue weighted by Crippen LogP contribution is -2.26. The topological polar surface area (TPSA) is 50.9 Å². The van der Waals surface area contributed by atoms with E-state index >= 15 is 0 Å². The maximum absolute atomic E-state index is 6.24. The molecule has 2 aromatic rings. The van der Waals surface area contributed by atoms with Crippen LogP contribution in [-0.2, 0) is 0 Å². The van der Waals surface area contributed by atoms with Gasteiger partial charge in [0.2, 0.25) is 0 Å². The predicted octanol–water partition coefficient (Wildman–Crippen LogP) is 3.12. The van der Waals surface area contributed by atoms with Crippen molar-refractivity contribution in [2.45, 2.75) is 18.9 Å². The molecule has 0 bridgehead atoms. The number of thioether (sulfide) groups is 1. The van der Waals surface area contributed by atoms with E-state index in [4.69, 9.17) is 5.73 Å². The van der Waals surface area contributed by atoms with Crippen molar-refractivity contribution in [3.05, 3.63) is 30.6 Å². The van der Waals surface area contributed by atoms with Gasteiger partial charge in [0, 0.05) is 35.0 Å². The molecule has 1 unspecified atom stereocenters. The van der Waals surface area contributed by atoms with Crippen LogP contribution in [0, 0.1) is 0 Å². The van der Waals surface area contributed by atoms with E-state index in [2.05, 4.69) is 22.4 Å². The number of nitrogens with two attached hydrogens (primary N) is 1. The van der Waals surface area contributed by atoms with Crippen LogP contribution < -0.4 is 11.1 Å². The van der Waals surface area contributed by atoms with E-state index in [1.807, 2.05) is 24.0 Å². The highest BCUT2D eigenvalue weighted by Gasteiger charge is 2.14. The first-order chi connectivity index (χ1) is 8.84. The number of nitrogen functional groups attached to an aromatic ring is 1. The number of nitrogens with zero attached hydrogens (tertiary/aromatic N) is 1. The lowest BCUT2D eigenvalue weighted by Gasteiger charge is -2.24. The fourth-order valence-electron chi connectivity index (χ4n) is 2.39. The minimum absolute atomic E-state index is 0.547. The van der Waals surface area contributed by atoms with Gasteiger partial charge >= 0.3 is 0 Å². The minimum atomic E-state index is 0.547. The Morgan fingerprint density at radius 2 is 2.28 bits per heavy atom. The third-order valence-electron chi connectivity index (χ3n) is 3.38. The van der Waals surface area contributed by atoms with Crippen molar-refractivity contribution in [1.29, 1.82) is 0 Å². The summed E-state index contributed by atoms with van der Waals surface area (Å²) in [4.78, 5) is 4.12. The summed E-state index contributed by atoms with van der Waals surface area (Å²) in [6.07, 6.45) is 6.17. The average molecular weight is 259 g/mol. The molecule has 1 aromatic carbocycles. The fourth-order valence-corrected chi connectivity index (χ4v) is 3.47. The Balaban J connectivity index is 1.89. The van der Waals surface area contributed by atoms with Crippen molar-refractivity contribution in [2.24, 2.45) is 0 Å². The fraction of sp³-hybridized carbons (Fsp3) is 0.357. The van der Waals surface area contributed by atoms with Crippen LogP contribution in [0.3, 0.4) is 0 Å². The van der Waals surface area contributed by atoms with Gasteiger partial charge in [0.1, 0.15) is 0 Å². The van der Waals surface area contributed by atoms with Crippen molar-refractivity contribution in [3.63, 3.8) is 0 Å². The Bertz CT molecular complexity index is 550. The third kappa shape index (κ3) is 2.25. The Kier molecular flexibility index (Phi) is 3.28. The van der Waals surface area contributed by atoms with Gasteiger partial charge in [-0.3, -0.25) is 4.98 Å². The van der Waals surface area contributed by atoms with Crippen molar-refractivity contribution in [3.8, 4) is 0 Å². The molecule has 3 N–H and O–H groups in total. The molecule has 0 aliphatic carbocycles. The molecule has 94 valence electrons. The van der Waals surface area contributed by atoms with E-state index in [9.17, 15) is 0 Å². The number of hydrogen-bond donors (Lipinski definition) is 2. The molecule has 18 heavy (non-hydrogen) atoms. The zero-order valence-electron chi connectivity index (χ0n) is 10.2. The maximum Gasteiger partial charge on any atom is 0.0630 e. The number of pyridine rings is 1. The summed E-state index contributed by atoms with van der Waals surface area (Å²) >= 11 is 2.02. The first-order valence-corrected chi connectivity index (χ1v) is 7.46. The van der Waals surface area contributed by atoms with Gasteiger partial charge in [0.25, 0.3) is 0 Å². The van der Waals surface area contributed by atoms with Crippen molar-refractivity contribution < 1.29 is 0 Å². The van der Waals surface area contributed by atoms with Gasteiger partial charge in [-0.1, -0.05) is 6.07 Å². The van der Waals surface area contributed by atoms with Crippen molar-refractivity contribution >= 4 is 33.9 Å². The molecular formula is C14H17N3S. The normalized spacial score (nSPS) is 19.9. The lowest BCUT2D eigenvalue weighted by atomic mass is 10.1. The van der Waals surface area contributed by atoms with Gasteiger partial charge < -0.3 is 11.1 Å². The standard InChI is InChI=1S/C14H17N3S/c15-14-12-5-6-16-8-10(12)3-4-13(14)17-11-2-1-7-18-9-11/h3-6,8,11,17H,1-2,7,9,15H2. The second-order valence-electron chi connectivity index (χ2n) is 4.68. The molecule has 0 spiro atoms. The van der Waals surface area contributed by atoms with E-state index in [-0.39, 0.29) is 0 Å². The molecule has 3 nitrogen and oxygen atoms in total. The number of hydrogen-bond acceptors (Lipinski definition) is 4. The SMILES string of the molecule is Nc1c(NC2CCCSC2)ccc2cnccc12. The van der Waals surface area contributed by atoms with Gasteiger partial charge in [-0.2, -0.15) is 11.8 Å². The number of rotatable bonds is 2.